The highest BCUT2D eigenvalue weighted by molar-refractivity contribution is 7.92. The van der Waals surface area contributed by atoms with E-state index in [9.17, 15) is 12.8 Å². The lowest BCUT2D eigenvalue weighted by molar-refractivity contribution is 0.385. The van der Waals surface area contributed by atoms with Crippen LogP contribution < -0.4 is 15.2 Å². The molecule has 4 aromatic rings. The predicted octanol–water partition coefficient (Wildman–Crippen LogP) is 3.92. The van der Waals surface area contributed by atoms with E-state index in [4.69, 9.17) is 22.1 Å². The molecule has 3 N–H and O–H groups in total. The highest BCUT2D eigenvalue weighted by Gasteiger charge is 2.25. The van der Waals surface area contributed by atoms with Crippen molar-refractivity contribution in [2.24, 2.45) is 0 Å². The van der Waals surface area contributed by atoms with Crippen molar-refractivity contribution >= 4 is 33.3 Å². The Kier molecular flexibility index (Phi) is 6.26. The van der Waals surface area contributed by atoms with Gasteiger partial charge in [0, 0.05) is 35.9 Å². The molecule has 0 aliphatic carbocycles. The van der Waals surface area contributed by atoms with Crippen LogP contribution in [0.3, 0.4) is 0 Å². The minimum atomic E-state index is -4.38. The Morgan fingerprint density at radius 2 is 1.68 bits per heavy atom. The zero-order valence-electron chi connectivity index (χ0n) is 17.3. The van der Waals surface area contributed by atoms with Gasteiger partial charge in [-0.3, -0.25) is 9.71 Å². The van der Waals surface area contributed by atoms with Gasteiger partial charge in [-0.2, -0.15) is 0 Å². The van der Waals surface area contributed by atoms with Crippen molar-refractivity contribution in [3.63, 3.8) is 0 Å². The summed E-state index contributed by atoms with van der Waals surface area (Å²) in [4.78, 5) is 15.3. The van der Waals surface area contributed by atoms with Crippen LogP contribution in [0.4, 0.5) is 20.4 Å². The van der Waals surface area contributed by atoms with Crippen LogP contribution in [0.15, 0.2) is 60.0 Å². The summed E-state index contributed by atoms with van der Waals surface area (Å²) in [7, 11) is -3.16. The highest BCUT2D eigenvalue weighted by Crippen LogP contribution is 2.33. The molecule has 0 spiro atoms. The average Bonchev–Trinajstić information content (AvgIpc) is 2.82. The molecule has 0 radical (unpaired) electrons. The second-order valence-corrected chi connectivity index (χ2v) is 8.90. The number of pyridine rings is 2. The molecule has 0 amide bonds. The van der Waals surface area contributed by atoms with Crippen LogP contribution in [0.25, 0.3) is 22.4 Å². The molecule has 0 saturated carbocycles. The van der Waals surface area contributed by atoms with Crippen LogP contribution in [0.5, 0.6) is 5.88 Å². The maximum Gasteiger partial charge on any atom is 0.267 e. The number of halogens is 3. The van der Waals surface area contributed by atoms with Gasteiger partial charge in [0.1, 0.15) is 5.82 Å². The average molecular weight is 505 g/mol. The number of anilines is 2. The van der Waals surface area contributed by atoms with E-state index in [0.29, 0.717) is 11.3 Å². The van der Waals surface area contributed by atoms with E-state index in [1.54, 1.807) is 0 Å². The van der Waals surface area contributed by atoms with E-state index in [2.05, 4.69) is 24.7 Å². The summed E-state index contributed by atoms with van der Waals surface area (Å²) < 4.78 is 62.6. The van der Waals surface area contributed by atoms with Crippen LogP contribution in [-0.4, -0.2) is 35.5 Å². The molecule has 4 rings (SSSR count). The normalized spacial score (nSPS) is 11.3. The molecule has 174 valence electrons. The molecule has 0 bridgehead atoms. The van der Waals surface area contributed by atoms with Gasteiger partial charge in [-0.15, -0.1) is 0 Å². The van der Waals surface area contributed by atoms with Crippen molar-refractivity contribution in [3.05, 3.63) is 71.8 Å². The molecule has 13 heteroatoms. The van der Waals surface area contributed by atoms with Crippen molar-refractivity contribution < 1.29 is 21.9 Å². The lowest BCUT2D eigenvalue weighted by Crippen LogP contribution is -2.16. The summed E-state index contributed by atoms with van der Waals surface area (Å²) in [5.74, 6) is -2.20. The number of nitrogens with zero attached hydrogens (tertiary/aromatic N) is 4. The number of rotatable bonds is 6. The molecule has 9 nitrogen and oxygen atoms in total. The Morgan fingerprint density at radius 1 is 0.971 bits per heavy atom. The standard InChI is InChI=1S/C21H15ClF2N6O3S/c1-33-20-17(6-13(22)10-27-20)34(31,32)30-16-5-3-14(23)18(19(16)24)11-2-4-15(26-7-11)12-8-28-21(25)29-9-12/h2-10,30H,1H3,(H2,25,28,29). The van der Waals surface area contributed by atoms with E-state index in [1.165, 1.54) is 44.0 Å². The monoisotopic (exact) mass is 504 g/mol. The zero-order chi connectivity index (χ0) is 24.5. The Labute approximate surface area is 197 Å². The maximum atomic E-state index is 15.3. The van der Waals surface area contributed by atoms with Crippen molar-refractivity contribution in [1.82, 2.24) is 19.9 Å². The van der Waals surface area contributed by atoms with Gasteiger partial charge in [0.15, 0.2) is 10.7 Å². The van der Waals surface area contributed by atoms with Crippen molar-refractivity contribution in [2.75, 3.05) is 17.6 Å². The highest BCUT2D eigenvalue weighted by atomic mass is 35.5. The molecule has 0 fully saturated rings. The SMILES string of the molecule is COc1ncc(Cl)cc1S(=O)(=O)Nc1ccc(F)c(-c2ccc(-c3cnc(N)nc3)nc2)c1F. The third kappa shape index (κ3) is 4.58. The Balaban J connectivity index is 1.70. The lowest BCUT2D eigenvalue weighted by Gasteiger charge is -2.14. The number of nitrogens with two attached hydrogens (primary N) is 1. The van der Waals surface area contributed by atoms with Crippen molar-refractivity contribution in [1.29, 1.82) is 0 Å². The number of aromatic nitrogens is 4. The van der Waals surface area contributed by atoms with E-state index in [0.717, 1.165) is 18.2 Å². The summed E-state index contributed by atoms with van der Waals surface area (Å²) >= 11 is 5.85. The maximum absolute atomic E-state index is 15.3. The summed E-state index contributed by atoms with van der Waals surface area (Å²) in [6, 6.07) is 5.95. The second kappa shape index (κ2) is 9.15. The first-order valence-corrected chi connectivity index (χ1v) is 11.3. The molecule has 3 heterocycles. The van der Waals surface area contributed by atoms with Gasteiger partial charge in [0.05, 0.1) is 29.1 Å². The zero-order valence-corrected chi connectivity index (χ0v) is 18.9. The quantitative estimate of drug-likeness (QED) is 0.403. The molecule has 34 heavy (non-hydrogen) atoms. The molecular weight excluding hydrogens is 490 g/mol. The first-order chi connectivity index (χ1) is 16.2. The second-order valence-electron chi connectivity index (χ2n) is 6.81. The molecule has 0 saturated heterocycles. The Hall–Kier alpha value is -3.90. The van der Waals surface area contributed by atoms with Crippen LogP contribution in [-0.2, 0) is 10.0 Å². The summed E-state index contributed by atoms with van der Waals surface area (Å²) in [6.45, 7) is 0. The first kappa shape index (κ1) is 23.3. The molecule has 0 aliphatic rings. The smallest absolute Gasteiger partial charge is 0.267 e. The molecular formula is C21H15ClF2N6O3S. The molecule has 3 aromatic heterocycles. The Morgan fingerprint density at radius 3 is 2.32 bits per heavy atom. The van der Waals surface area contributed by atoms with Crippen LogP contribution >= 0.6 is 11.6 Å². The number of ether oxygens (including phenoxy) is 1. The number of benzene rings is 1. The van der Waals surface area contributed by atoms with Crippen LogP contribution in [0.1, 0.15) is 0 Å². The largest absolute Gasteiger partial charge is 0.480 e. The molecule has 0 aliphatic heterocycles. The van der Waals surface area contributed by atoms with Crippen LogP contribution in [0.2, 0.25) is 5.02 Å². The topological polar surface area (TPSA) is 133 Å². The third-order valence-corrected chi connectivity index (χ3v) is 6.19. The van der Waals surface area contributed by atoms with E-state index < -0.39 is 37.8 Å². The minimum absolute atomic E-state index is 0.0270. The fourth-order valence-electron chi connectivity index (χ4n) is 3.03. The van der Waals surface area contributed by atoms with Crippen LogP contribution in [0, 0.1) is 11.6 Å². The summed E-state index contributed by atoms with van der Waals surface area (Å²) in [6.07, 6.45) is 5.36. The molecule has 1 aromatic carbocycles. The number of hydrogen-bond donors (Lipinski definition) is 2. The number of nitrogen functional groups attached to an aromatic ring is 1. The number of nitrogens with one attached hydrogen (secondary N) is 1. The number of hydrogen-bond acceptors (Lipinski definition) is 8. The summed E-state index contributed by atoms with van der Waals surface area (Å²) in [5, 5.41) is 0.0270. The lowest BCUT2D eigenvalue weighted by atomic mass is 10.0. The van der Waals surface area contributed by atoms with Gasteiger partial charge in [-0.1, -0.05) is 17.7 Å². The van der Waals surface area contributed by atoms with Gasteiger partial charge in [-0.05, 0) is 24.3 Å². The van der Waals surface area contributed by atoms with Gasteiger partial charge in [0.25, 0.3) is 10.0 Å². The van der Waals surface area contributed by atoms with E-state index >= 15 is 4.39 Å². The molecule has 0 unspecified atom stereocenters. The predicted molar refractivity (Wildman–Crippen MR) is 122 cm³/mol. The number of sulfonamides is 1. The first-order valence-electron chi connectivity index (χ1n) is 9.44. The Bertz CT molecular complexity index is 1470. The fourth-order valence-corrected chi connectivity index (χ4v) is 4.46. The molecule has 0 atom stereocenters. The van der Waals surface area contributed by atoms with E-state index in [1.807, 2.05) is 0 Å². The minimum Gasteiger partial charge on any atom is -0.480 e. The van der Waals surface area contributed by atoms with Gasteiger partial charge in [-0.25, -0.2) is 32.2 Å². The number of methoxy groups -OCH3 is 1. The third-order valence-electron chi connectivity index (χ3n) is 4.62. The van der Waals surface area contributed by atoms with Gasteiger partial charge < -0.3 is 10.5 Å². The van der Waals surface area contributed by atoms with Gasteiger partial charge in [0.2, 0.25) is 11.8 Å². The van der Waals surface area contributed by atoms with Crippen molar-refractivity contribution in [3.8, 4) is 28.3 Å². The summed E-state index contributed by atoms with van der Waals surface area (Å²) in [5.41, 5.74) is 5.58. The van der Waals surface area contributed by atoms with Gasteiger partial charge >= 0.3 is 0 Å². The van der Waals surface area contributed by atoms with E-state index in [-0.39, 0.29) is 22.4 Å². The fraction of sp³-hybridized carbons (Fsp3) is 0.0476. The van der Waals surface area contributed by atoms with Crippen molar-refractivity contribution in [2.45, 2.75) is 4.90 Å².